The van der Waals surface area contributed by atoms with E-state index in [4.69, 9.17) is 5.11 Å². The summed E-state index contributed by atoms with van der Waals surface area (Å²) in [5, 5.41) is 12.1. The molecule has 0 spiro atoms. The molecule has 1 aromatic rings. The van der Waals surface area contributed by atoms with Crippen LogP contribution >= 0.6 is 0 Å². The molecule has 1 fully saturated rings. The Labute approximate surface area is 71.4 Å². The first-order valence-corrected chi connectivity index (χ1v) is 4.21. The van der Waals surface area contributed by atoms with Crippen LogP contribution in [0, 0.1) is 0 Å². The molecule has 2 rings (SSSR count). The fourth-order valence-corrected chi connectivity index (χ4v) is 1.09. The first-order valence-electron chi connectivity index (χ1n) is 4.21. The van der Waals surface area contributed by atoms with Crippen molar-refractivity contribution >= 4 is 5.82 Å². The molecule has 12 heavy (non-hydrogen) atoms. The molecule has 1 aromatic heterocycles. The fraction of sp³-hybridized carbons (Fsp3) is 0.444. The third-order valence-electron chi connectivity index (χ3n) is 1.94. The number of hydrogen-bond donors (Lipinski definition) is 2. The van der Waals surface area contributed by atoms with Crippen LogP contribution in [0.15, 0.2) is 18.3 Å². The van der Waals surface area contributed by atoms with Crippen LogP contribution in [0.4, 0.5) is 5.82 Å². The highest BCUT2D eigenvalue weighted by Crippen LogP contribution is 2.23. The average molecular weight is 164 g/mol. The van der Waals surface area contributed by atoms with Crippen LogP contribution in [-0.2, 0) is 6.61 Å². The lowest BCUT2D eigenvalue weighted by molar-refractivity contribution is 0.282. The second-order valence-corrected chi connectivity index (χ2v) is 3.13. The summed E-state index contributed by atoms with van der Waals surface area (Å²) in [6.07, 6.45) is 4.20. The lowest BCUT2D eigenvalue weighted by atomic mass is 10.3. The van der Waals surface area contributed by atoms with Crippen molar-refractivity contribution in [2.45, 2.75) is 25.5 Å². The second-order valence-electron chi connectivity index (χ2n) is 3.13. The molecule has 1 heterocycles. The van der Waals surface area contributed by atoms with Gasteiger partial charge in [0.05, 0.1) is 6.61 Å². The molecular weight excluding hydrogens is 152 g/mol. The van der Waals surface area contributed by atoms with Gasteiger partial charge >= 0.3 is 0 Å². The molecule has 3 heteroatoms. The largest absolute Gasteiger partial charge is 0.392 e. The zero-order valence-corrected chi connectivity index (χ0v) is 6.83. The maximum absolute atomic E-state index is 8.86. The van der Waals surface area contributed by atoms with Gasteiger partial charge in [-0.05, 0) is 30.5 Å². The zero-order valence-electron chi connectivity index (χ0n) is 6.83. The summed E-state index contributed by atoms with van der Waals surface area (Å²) >= 11 is 0. The van der Waals surface area contributed by atoms with Crippen LogP contribution in [0.3, 0.4) is 0 Å². The zero-order chi connectivity index (χ0) is 8.39. The Hall–Kier alpha value is -1.09. The van der Waals surface area contributed by atoms with E-state index in [0.717, 1.165) is 11.4 Å². The molecule has 0 saturated heterocycles. The Morgan fingerprint density at radius 3 is 3.08 bits per heavy atom. The van der Waals surface area contributed by atoms with E-state index in [1.807, 2.05) is 12.1 Å². The quantitative estimate of drug-likeness (QED) is 0.704. The summed E-state index contributed by atoms with van der Waals surface area (Å²) in [5.41, 5.74) is 0.910. The standard InChI is InChI=1S/C9H12N2O/c12-6-7-3-4-10-9(5-7)11-8-1-2-8/h3-5,8,12H,1-2,6H2,(H,10,11). The van der Waals surface area contributed by atoms with Crippen molar-refractivity contribution < 1.29 is 5.11 Å². The SMILES string of the molecule is OCc1ccnc(NC2CC2)c1. The molecule has 0 unspecified atom stereocenters. The second kappa shape index (κ2) is 3.11. The number of hydrogen-bond acceptors (Lipinski definition) is 3. The van der Waals surface area contributed by atoms with Gasteiger partial charge in [-0.1, -0.05) is 0 Å². The molecule has 64 valence electrons. The molecule has 1 saturated carbocycles. The predicted octanol–water partition coefficient (Wildman–Crippen LogP) is 1.15. The van der Waals surface area contributed by atoms with Crippen LogP contribution in [0.5, 0.6) is 0 Å². The maximum atomic E-state index is 8.86. The summed E-state index contributed by atoms with van der Waals surface area (Å²) < 4.78 is 0. The molecule has 0 aliphatic heterocycles. The van der Waals surface area contributed by atoms with Gasteiger partial charge in [0.2, 0.25) is 0 Å². The van der Waals surface area contributed by atoms with Crippen molar-refractivity contribution in [2.75, 3.05) is 5.32 Å². The highest BCUT2D eigenvalue weighted by atomic mass is 16.3. The third kappa shape index (κ3) is 1.74. The van der Waals surface area contributed by atoms with E-state index >= 15 is 0 Å². The summed E-state index contributed by atoms with van der Waals surface area (Å²) in [6, 6.07) is 4.32. The molecule has 0 aromatic carbocycles. The van der Waals surface area contributed by atoms with E-state index in [0.29, 0.717) is 6.04 Å². The topological polar surface area (TPSA) is 45.2 Å². The lowest BCUT2D eigenvalue weighted by Crippen LogP contribution is -2.03. The summed E-state index contributed by atoms with van der Waals surface area (Å²) in [4.78, 5) is 4.15. The summed E-state index contributed by atoms with van der Waals surface area (Å²) in [7, 11) is 0. The number of pyridine rings is 1. The van der Waals surface area contributed by atoms with E-state index in [2.05, 4.69) is 10.3 Å². The van der Waals surface area contributed by atoms with E-state index in [1.54, 1.807) is 6.20 Å². The molecule has 1 aliphatic carbocycles. The fourth-order valence-electron chi connectivity index (χ4n) is 1.09. The molecule has 1 aliphatic rings. The molecule has 0 atom stereocenters. The van der Waals surface area contributed by atoms with Crippen molar-refractivity contribution in [1.29, 1.82) is 0 Å². The van der Waals surface area contributed by atoms with Gasteiger partial charge in [-0.25, -0.2) is 4.98 Å². The molecule has 0 bridgehead atoms. The number of aromatic nitrogens is 1. The van der Waals surface area contributed by atoms with Crippen LogP contribution in [0.2, 0.25) is 0 Å². The van der Waals surface area contributed by atoms with Crippen molar-refractivity contribution in [3.8, 4) is 0 Å². The Kier molecular flexibility index (Phi) is 1.96. The molecule has 0 radical (unpaired) electrons. The van der Waals surface area contributed by atoms with Gasteiger partial charge in [0.25, 0.3) is 0 Å². The van der Waals surface area contributed by atoms with Gasteiger partial charge in [0.1, 0.15) is 5.82 Å². The monoisotopic (exact) mass is 164 g/mol. The minimum Gasteiger partial charge on any atom is -0.392 e. The number of rotatable bonds is 3. The summed E-state index contributed by atoms with van der Waals surface area (Å²) in [6.45, 7) is 0.0852. The number of nitrogens with zero attached hydrogens (tertiary/aromatic N) is 1. The van der Waals surface area contributed by atoms with Gasteiger partial charge in [-0.3, -0.25) is 0 Å². The third-order valence-corrected chi connectivity index (χ3v) is 1.94. The van der Waals surface area contributed by atoms with Crippen molar-refractivity contribution in [1.82, 2.24) is 4.98 Å². The minimum atomic E-state index is 0.0852. The normalized spacial score (nSPS) is 16.1. The van der Waals surface area contributed by atoms with Crippen LogP contribution in [0.25, 0.3) is 0 Å². The van der Waals surface area contributed by atoms with Gasteiger partial charge in [-0.2, -0.15) is 0 Å². The summed E-state index contributed by atoms with van der Waals surface area (Å²) in [5.74, 6) is 0.879. The van der Waals surface area contributed by atoms with Gasteiger partial charge in [0.15, 0.2) is 0 Å². The number of aliphatic hydroxyl groups excluding tert-OH is 1. The predicted molar refractivity (Wildman–Crippen MR) is 46.8 cm³/mol. The van der Waals surface area contributed by atoms with Gasteiger partial charge < -0.3 is 10.4 Å². The molecule has 3 nitrogen and oxygen atoms in total. The van der Waals surface area contributed by atoms with Crippen LogP contribution in [0.1, 0.15) is 18.4 Å². The van der Waals surface area contributed by atoms with E-state index < -0.39 is 0 Å². The van der Waals surface area contributed by atoms with Gasteiger partial charge in [-0.15, -0.1) is 0 Å². The first-order chi connectivity index (χ1) is 5.88. The highest BCUT2D eigenvalue weighted by Gasteiger charge is 2.20. The van der Waals surface area contributed by atoms with Crippen LogP contribution in [-0.4, -0.2) is 16.1 Å². The molecular formula is C9H12N2O. The number of nitrogens with one attached hydrogen (secondary N) is 1. The Morgan fingerprint density at radius 1 is 1.58 bits per heavy atom. The Balaban J connectivity index is 2.08. The first kappa shape index (κ1) is 7.55. The Bertz CT molecular complexity index is 271. The van der Waals surface area contributed by atoms with E-state index in [-0.39, 0.29) is 6.61 Å². The van der Waals surface area contributed by atoms with Crippen LogP contribution < -0.4 is 5.32 Å². The van der Waals surface area contributed by atoms with Gasteiger partial charge in [0, 0.05) is 12.2 Å². The smallest absolute Gasteiger partial charge is 0.126 e. The number of aliphatic hydroxyl groups is 1. The van der Waals surface area contributed by atoms with Crippen molar-refractivity contribution in [2.24, 2.45) is 0 Å². The maximum Gasteiger partial charge on any atom is 0.126 e. The molecule has 0 amide bonds. The highest BCUT2D eigenvalue weighted by molar-refractivity contribution is 5.39. The van der Waals surface area contributed by atoms with E-state index in [1.165, 1.54) is 12.8 Å². The molecule has 2 N–H and O–H groups in total. The van der Waals surface area contributed by atoms with Crippen molar-refractivity contribution in [3.05, 3.63) is 23.9 Å². The lowest BCUT2D eigenvalue weighted by Gasteiger charge is -2.03. The number of anilines is 1. The average Bonchev–Trinajstić information content (AvgIpc) is 2.89. The minimum absolute atomic E-state index is 0.0852. The van der Waals surface area contributed by atoms with E-state index in [9.17, 15) is 0 Å². The Morgan fingerprint density at radius 2 is 2.42 bits per heavy atom. The van der Waals surface area contributed by atoms with Crippen molar-refractivity contribution in [3.63, 3.8) is 0 Å².